The summed E-state index contributed by atoms with van der Waals surface area (Å²) in [5.74, 6) is 1.40. The molecule has 2 aromatic rings. The van der Waals surface area contributed by atoms with Crippen LogP contribution in [0, 0.1) is 0 Å². The van der Waals surface area contributed by atoms with E-state index in [-0.39, 0.29) is 23.5 Å². The Morgan fingerprint density at radius 3 is 1.61 bits per heavy atom. The zero-order valence-corrected chi connectivity index (χ0v) is 34.4. The van der Waals surface area contributed by atoms with Crippen molar-refractivity contribution in [1.29, 1.82) is 0 Å². The summed E-state index contributed by atoms with van der Waals surface area (Å²) in [5.41, 5.74) is 1.87. The average Bonchev–Trinajstić information content (AvgIpc) is 3.85. The molecule has 2 N–H and O–H groups in total. The highest BCUT2D eigenvalue weighted by Gasteiger charge is 2.29. The molecule has 9 nitrogen and oxygen atoms in total. The van der Waals surface area contributed by atoms with E-state index >= 15 is 0 Å². The number of carbonyl (C=O) groups excluding carboxylic acids is 1. The van der Waals surface area contributed by atoms with Crippen molar-refractivity contribution < 1.29 is 36.4 Å². The molecule has 1 amide bonds. The van der Waals surface area contributed by atoms with E-state index in [9.17, 15) is 22.7 Å². The molecule has 51 heavy (non-hydrogen) atoms. The average molecular weight is 739 g/mol. The Labute approximate surface area is 309 Å². The van der Waals surface area contributed by atoms with Gasteiger partial charge in [-0.1, -0.05) is 51.6 Å². The molecule has 1 unspecified atom stereocenters. The number of hydrogen-bond donors (Lipinski definition) is 2. The quantitative estimate of drug-likeness (QED) is 0.0980. The summed E-state index contributed by atoms with van der Waals surface area (Å²) in [5, 5.41) is 12.3. The third-order valence-electron chi connectivity index (χ3n) is 7.09. The van der Waals surface area contributed by atoms with Gasteiger partial charge in [-0.3, -0.25) is 18.3 Å². The van der Waals surface area contributed by atoms with Crippen LogP contribution in [0.4, 0.5) is 4.39 Å². The van der Waals surface area contributed by atoms with E-state index in [1.807, 2.05) is 64.1 Å². The van der Waals surface area contributed by atoms with Crippen LogP contribution >= 0.6 is 0 Å². The number of alkyl halides is 1. The second-order valence-electron chi connectivity index (χ2n) is 15.9. The van der Waals surface area contributed by atoms with Gasteiger partial charge >= 0.3 is 0 Å². The van der Waals surface area contributed by atoms with Crippen LogP contribution in [0.3, 0.4) is 0 Å². The first-order valence-corrected chi connectivity index (χ1v) is 19.4. The smallest absolute Gasteiger partial charge is 0.264 e. The number of nitrogens with one attached hydrogen (secondary N) is 1. The van der Waals surface area contributed by atoms with Gasteiger partial charge in [-0.25, -0.2) is 0 Å². The summed E-state index contributed by atoms with van der Waals surface area (Å²) in [7, 11) is -3.28. The normalized spacial score (nSPS) is 13.9. The fourth-order valence-corrected chi connectivity index (χ4v) is 5.16. The number of halogens is 1. The monoisotopic (exact) mass is 738 g/mol. The van der Waals surface area contributed by atoms with Crippen molar-refractivity contribution in [2.45, 2.75) is 124 Å². The van der Waals surface area contributed by atoms with E-state index in [0.29, 0.717) is 31.6 Å². The van der Waals surface area contributed by atoms with Crippen molar-refractivity contribution in [3.05, 3.63) is 72.3 Å². The molecule has 1 aliphatic rings. The van der Waals surface area contributed by atoms with E-state index in [4.69, 9.17) is 9.47 Å². The first kappa shape index (κ1) is 48.0. The summed E-state index contributed by atoms with van der Waals surface area (Å²) < 4.78 is 48.7. The van der Waals surface area contributed by atoms with E-state index in [1.165, 1.54) is 30.3 Å². The van der Waals surface area contributed by atoms with Gasteiger partial charge in [0.25, 0.3) is 10.1 Å². The third kappa shape index (κ3) is 24.0. The number of aliphatic hydroxyl groups is 1. The minimum atomic E-state index is -3.28. The molecule has 3 rings (SSSR count). The minimum Gasteiger partial charge on any atom is -0.494 e. The van der Waals surface area contributed by atoms with Gasteiger partial charge in [0.2, 0.25) is 5.91 Å². The molecule has 1 aliphatic heterocycles. The molecule has 2 aromatic carbocycles. The van der Waals surface area contributed by atoms with Crippen LogP contribution in [-0.4, -0.2) is 86.3 Å². The van der Waals surface area contributed by atoms with Crippen LogP contribution in [-0.2, 0) is 24.5 Å². The number of nitrogens with zero attached hydrogens (tertiary/aromatic N) is 1. The van der Waals surface area contributed by atoms with E-state index < -0.39 is 21.8 Å². The standard InChI is InChI=1S/C22H29FO3.C7H13NO.C6H13N.C5H12O3S/c1-4-19(24)16-26-21-12-8-18(9-13-21)22(2,3)17-6-10-20(11-7-17)25-15-5-14-23;1-5-6(9)8-7(2,3)4;1-6(2,3)7-4-5-7;1-5(2,3)8-9(4,6)7/h6-13,19,24H,4-5,14-16H2,1-3H3;5H,1H2,2-4H3,(H,8,9);4-5H2,1-3H3;1-4H3. The third-order valence-corrected chi connectivity index (χ3v) is 7.90. The Kier molecular flexibility index (Phi) is 20.3. The molecule has 1 saturated heterocycles. The minimum absolute atomic E-state index is 0.123. The molecular weight excluding hydrogens is 672 g/mol. The summed E-state index contributed by atoms with van der Waals surface area (Å²) in [6, 6.07) is 15.9. The molecule has 1 atom stereocenters. The highest BCUT2D eigenvalue weighted by Crippen LogP contribution is 2.33. The Balaban J connectivity index is 0.000000810. The van der Waals surface area contributed by atoms with Gasteiger partial charge in [-0.15, -0.1) is 0 Å². The van der Waals surface area contributed by atoms with E-state index in [1.54, 1.807) is 20.8 Å². The van der Waals surface area contributed by atoms with Crippen molar-refractivity contribution in [2.75, 3.05) is 39.2 Å². The Morgan fingerprint density at radius 1 is 0.902 bits per heavy atom. The maximum atomic E-state index is 12.1. The lowest BCUT2D eigenvalue weighted by Gasteiger charge is -2.26. The topological polar surface area (TPSA) is 114 Å². The summed E-state index contributed by atoms with van der Waals surface area (Å²) in [6.45, 7) is 30.2. The lowest BCUT2D eigenvalue weighted by molar-refractivity contribution is -0.117. The number of hydrogen-bond acceptors (Lipinski definition) is 8. The maximum Gasteiger partial charge on any atom is 0.264 e. The molecule has 0 radical (unpaired) electrons. The lowest BCUT2D eigenvalue weighted by Crippen LogP contribution is -2.39. The number of amides is 1. The maximum absolute atomic E-state index is 12.1. The SMILES string of the molecule is C=CC(=O)NC(C)(C)C.CC(C)(C)N1CC1.CC(C)(C)OS(C)(=O)=O.CCC(O)COc1ccc(C(C)(C)c2ccc(OCCCF)cc2)cc1. The van der Waals surface area contributed by atoms with Crippen LogP contribution in [0.2, 0.25) is 0 Å². The molecule has 0 spiro atoms. The summed E-state index contributed by atoms with van der Waals surface area (Å²) >= 11 is 0. The summed E-state index contributed by atoms with van der Waals surface area (Å²) in [6.07, 6.45) is 2.97. The highest BCUT2D eigenvalue weighted by molar-refractivity contribution is 7.86. The first-order valence-electron chi connectivity index (χ1n) is 17.5. The molecule has 0 aliphatic carbocycles. The van der Waals surface area contributed by atoms with Crippen molar-refractivity contribution >= 4 is 16.0 Å². The van der Waals surface area contributed by atoms with Crippen LogP contribution in [0.15, 0.2) is 61.2 Å². The number of carbonyl (C=O) groups is 1. The van der Waals surface area contributed by atoms with Gasteiger partial charge < -0.3 is 19.9 Å². The van der Waals surface area contributed by atoms with Gasteiger partial charge in [0.05, 0.1) is 31.2 Å². The van der Waals surface area contributed by atoms with Crippen molar-refractivity contribution in [1.82, 2.24) is 10.2 Å². The highest BCUT2D eigenvalue weighted by atomic mass is 32.2. The number of ether oxygens (including phenoxy) is 2. The molecule has 0 bridgehead atoms. The van der Waals surface area contributed by atoms with Crippen molar-refractivity contribution in [3.8, 4) is 11.5 Å². The fourth-order valence-electron chi connectivity index (χ4n) is 4.25. The second kappa shape index (κ2) is 21.5. The molecule has 292 valence electrons. The molecule has 11 heteroatoms. The Hall–Kier alpha value is -2.99. The molecule has 1 heterocycles. The van der Waals surface area contributed by atoms with Crippen molar-refractivity contribution in [2.24, 2.45) is 0 Å². The molecule has 0 aromatic heterocycles. The predicted molar refractivity (Wildman–Crippen MR) is 208 cm³/mol. The number of aliphatic hydroxyl groups excluding tert-OH is 1. The first-order chi connectivity index (χ1) is 23.2. The van der Waals surface area contributed by atoms with E-state index in [0.717, 1.165) is 17.8 Å². The number of rotatable bonds is 12. The fraction of sp³-hybridized carbons (Fsp3) is 0.625. The van der Waals surface area contributed by atoms with Crippen LogP contribution < -0.4 is 14.8 Å². The Morgan fingerprint density at radius 2 is 1.35 bits per heavy atom. The lowest BCUT2D eigenvalue weighted by atomic mass is 9.78. The van der Waals surface area contributed by atoms with Gasteiger partial charge in [-0.05, 0) is 110 Å². The van der Waals surface area contributed by atoms with E-state index in [2.05, 4.69) is 67.7 Å². The largest absolute Gasteiger partial charge is 0.494 e. The zero-order valence-electron chi connectivity index (χ0n) is 33.6. The molecule has 1 fully saturated rings. The number of benzene rings is 2. The van der Waals surface area contributed by atoms with Gasteiger partial charge in [0.1, 0.15) is 18.1 Å². The Bertz CT molecular complexity index is 1390. The summed E-state index contributed by atoms with van der Waals surface area (Å²) in [4.78, 5) is 13.0. The van der Waals surface area contributed by atoms with Crippen molar-refractivity contribution in [3.63, 3.8) is 0 Å². The molecule has 0 saturated carbocycles. The van der Waals surface area contributed by atoms with Crippen LogP contribution in [0.25, 0.3) is 0 Å². The van der Waals surface area contributed by atoms with Crippen LogP contribution in [0.5, 0.6) is 11.5 Å². The van der Waals surface area contributed by atoms with Gasteiger partial charge in [0, 0.05) is 36.0 Å². The second-order valence-corrected chi connectivity index (χ2v) is 17.5. The molecular formula is C40H67FN2O7S. The van der Waals surface area contributed by atoms with Gasteiger partial charge in [0.15, 0.2) is 0 Å². The van der Waals surface area contributed by atoms with Gasteiger partial charge in [-0.2, -0.15) is 8.42 Å². The predicted octanol–water partition coefficient (Wildman–Crippen LogP) is 7.85. The zero-order chi connectivity index (χ0) is 39.7. The van der Waals surface area contributed by atoms with Crippen LogP contribution in [0.1, 0.15) is 107 Å².